The molecule has 10 heavy (non-hydrogen) atoms. The molecular weight excluding hydrogens is 146 g/mol. The van der Waals surface area contributed by atoms with Gasteiger partial charge in [-0.15, -0.1) is 0 Å². The number of thiol groups is 1. The molecule has 1 unspecified atom stereocenters. The molecule has 60 valence electrons. The van der Waals surface area contributed by atoms with Crippen molar-refractivity contribution in [1.82, 2.24) is 5.32 Å². The molecule has 1 atom stereocenters. The maximum atomic E-state index is 9.38. The number of hydrogen-bond donors (Lipinski definition) is 3. The number of aliphatic hydroxyl groups excluding tert-OH is 1. The van der Waals surface area contributed by atoms with Crippen molar-refractivity contribution in [1.29, 1.82) is 0 Å². The van der Waals surface area contributed by atoms with Crippen LogP contribution in [0.3, 0.4) is 0 Å². The molecule has 3 heteroatoms. The summed E-state index contributed by atoms with van der Waals surface area (Å²) >= 11 is 4.06. The van der Waals surface area contributed by atoms with Crippen LogP contribution in [0.1, 0.15) is 12.8 Å². The Morgan fingerprint density at radius 2 is 2.10 bits per heavy atom. The summed E-state index contributed by atoms with van der Waals surface area (Å²) in [6.45, 7) is 2.10. The van der Waals surface area contributed by atoms with Crippen LogP contribution in [0.2, 0.25) is 0 Å². The number of aliphatic hydroxyl groups is 1. The fraction of sp³-hybridized carbons (Fsp3) is 1.00. The Morgan fingerprint density at radius 3 is 2.60 bits per heavy atom. The van der Waals surface area contributed by atoms with Crippen molar-refractivity contribution in [3.63, 3.8) is 0 Å². The predicted molar refractivity (Wildman–Crippen MR) is 45.5 cm³/mol. The lowest BCUT2D eigenvalue weighted by Crippen LogP contribution is -2.34. The van der Waals surface area contributed by atoms with Gasteiger partial charge in [0.05, 0.1) is 6.10 Å². The second kappa shape index (κ2) is 4.21. The molecule has 0 aliphatic carbocycles. The Morgan fingerprint density at radius 1 is 1.50 bits per heavy atom. The van der Waals surface area contributed by atoms with E-state index in [4.69, 9.17) is 0 Å². The lowest BCUT2D eigenvalue weighted by molar-refractivity contribution is 0.110. The lowest BCUT2D eigenvalue weighted by Gasteiger charge is -2.25. The van der Waals surface area contributed by atoms with Gasteiger partial charge in [0.2, 0.25) is 0 Å². The van der Waals surface area contributed by atoms with E-state index in [2.05, 4.69) is 17.9 Å². The summed E-state index contributed by atoms with van der Waals surface area (Å²) in [5, 5.41) is 12.6. The van der Waals surface area contributed by atoms with Gasteiger partial charge >= 0.3 is 0 Å². The molecule has 1 saturated heterocycles. The third-order valence-corrected chi connectivity index (χ3v) is 2.49. The average molecular weight is 161 g/mol. The van der Waals surface area contributed by atoms with Crippen LogP contribution in [0.25, 0.3) is 0 Å². The number of hydrogen-bond acceptors (Lipinski definition) is 3. The van der Waals surface area contributed by atoms with Crippen molar-refractivity contribution in [2.24, 2.45) is 5.92 Å². The molecule has 0 aromatic rings. The number of piperidine rings is 1. The zero-order valence-corrected chi connectivity index (χ0v) is 6.98. The van der Waals surface area contributed by atoms with Crippen LogP contribution in [0, 0.1) is 5.92 Å². The molecule has 1 heterocycles. The van der Waals surface area contributed by atoms with Crippen LogP contribution < -0.4 is 5.32 Å². The van der Waals surface area contributed by atoms with Crippen LogP contribution in [0.5, 0.6) is 0 Å². The Hall–Kier alpha value is 0.270. The van der Waals surface area contributed by atoms with Gasteiger partial charge in [-0.3, -0.25) is 0 Å². The molecule has 0 bridgehead atoms. The van der Waals surface area contributed by atoms with Crippen molar-refractivity contribution >= 4 is 12.6 Å². The van der Waals surface area contributed by atoms with Gasteiger partial charge in [0.15, 0.2) is 0 Å². The summed E-state index contributed by atoms with van der Waals surface area (Å²) < 4.78 is 0. The highest BCUT2D eigenvalue weighted by molar-refractivity contribution is 7.80. The molecule has 0 amide bonds. The monoisotopic (exact) mass is 161 g/mol. The van der Waals surface area contributed by atoms with Crippen LogP contribution in [-0.4, -0.2) is 30.1 Å². The zero-order chi connectivity index (χ0) is 7.40. The second-order valence-electron chi connectivity index (χ2n) is 2.84. The zero-order valence-electron chi connectivity index (χ0n) is 6.08. The molecule has 0 aromatic heterocycles. The van der Waals surface area contributed by atoms with E-state index < -0.39 is 0 Å². The summed E-state index contributed by atoms with van der Waals surface area (Å²) in [5.41, 5.74) is 0. The van der Waals surface area contributed by atoms with E-state index in [9.17, 15) is 5.11 Å². The van der Waals surface area contributed by atoms with Crippen molar-refractivity contribution < 1.29 is 5.11 Å². The van der Waals surface area contributed by atoms with Crippen molar-refractivity contribution in [3.8, 4) is 0 Å². The van der Waals surface area contributed by atoms with Gasteiger partial charge in [0, 0.05) is 5.75 Å². The molecular formula is C7H15NOS. The first-order chi connectivity index (χ1) is 4.84. The first-order valence-electron chi connectivity index (χ1n) is 3.84. The smallest absolute Gasteiger partial charge is 0.0657 e. The maximum absolute atomic E-state index is 9.38. The molecule has 0 aromatic carbocycles. The van der Waals surface area contributed by atoms with Gasteiger partial charge in [0.25, 0.3) is 0 Å². The van der Waals surface area contributed by atoms with Gasteiger partial charge in [-0.2, -0.15) is 12.6 Å². The third-order valence-electron chi connectivity index (χ3n) is 2.12. The minimum atomic E-state index is -0.189. The summed E-state index contributed by atoms with van der Waals surface area (Å²) in [6, 6.07) is 0. The highest BCUT2D eigenvalue weighted by Crippen LogP contribution is 2.16. The minimum Gasteiger partial charge on any atom is -0.392 e. The first kappa shape index (κ1) is 8.37. The van der Waals surface area contributed by atoms with Crippen molar-refractivity contribution in [2.45, 2.75) is 18.9 Å². The number of nitrogens with one attached hydrogen (secondary N) is 1. The molecule has 2 nitrogen and oxygen atoms in total. The van der Waals surface area contributed by atoms with Crippen LogP contribution in [0.4, 0.5) is 0 Å². The molecule has 1 aliphatic heterocycles. The largest absolute Gasteiger partial charge is 0.392 e. The molecule has 1 fully saturated rings. The quantitative estimate of drug-likeness (QED) is 0.508. The fourth-order valence-electron chi connectivity index (χ4n) is 1.38. The standard InChI is InChI=1S/C7H15NOS/c9-7(5-10)6-1-3-8-4-2-6/h6-10H,1-5H2. The van der Waals surface area contributed by atoms with E-state index in [0.29, 0.717) is 11.7 Å². The summed E-state index contributed by atoms with van der Waals surface area (Å²) in [4.78, 5) is 0. The molecule has 2 N–H and O–H groups in total. The van der Waals surface area contributed by atoms with Crippen LogP contribution in [-0.2, 0) is 0 Å². The predicted octanol–water partition coefficient (Wildman–Crippen LogP) is 0.277. The third kappa shape index (κ3) is 2.15. The Kier molecular flexibility index (Phi) is 3.52. The summed E-state index contributed by atoms with van der Waals surface area (Å²) in [5.74, 6) is 1.09. The summed E-state index contributed by atoms with van der Waals surface area (Å²) in [6.07, 6.45) is 2.01. The molecule has 1 rings (SSSR count). The molecule has 0 saturated carbocycles. The van der Waals surface area contributed by atoms with E-state index in [-0.39, 0.29) is 6.10 Å². The SMILES string of the molecule is OC(CS)C1CCNCC1. The van der Waals surface area contributed by atoms with Gasteiger partial charge in [0.1, 0.15) is 0 Å². The topological polar surface area (TPSA) is 32.3 Å². The average Bonchev–Trinajstić information content (AvgIpc) is 2.05. The van der Waals surface area contributed by atoms with Gasteiger partial charge in [-0.05, 0) is 31.8 Å². The van der Waals surface area contributed by atoms with Crippen molar-refractivity contribution in [2.75, 3.05) is 18.8 Å². The van der Waals surface area contributed by atoms with Crippen LogP contribution >= 0.6 is 12.6 Å². The van der Waals surface area contributed by atoms with E-state index in [1.54, 1.807) is 0 Å². The van der Waals surface area contributed by atoms with E-state index in [1.807, 2.05) is 0 Å². The second-order valence-corrected chi connectivity index (χ2v) is 3.20. The summed E-state index contributed by atoms with van der Waals surface area (Å²) in [7, 11) is 0. The van der Waals surface area contributed by atoms with E-state index in [1.165, 1.54) is 0 Å². The lowest BCUT2D eigenvalue weighted by atomic mass is 9.93. The Balaban J connectivity index is 2.24. The molecule has 1 aliphatic rings. The highest BCUT2D eigenvalue weighted by Gasteiger charge is 2.19. The van der Waals surface area contributed by atoms with E-state index in [0.717, 1.165) is 25.9 Å². The fourth-order valence-corrected chi connectivity index (χ4v) is 1.68. The van der Waals surface area contributed by atoms with Gasteiger partial charge < -0.3 is 10.4 Å². The van der Waals surface area contributed by atoms with Crippen LogP contribution in [0.15, 0.2) is 0 Å². The highest BCUT2D eigenvalue weighted by atomic mass is 32.1. The van der Waals surface area contributed by atoms with Gasteiger partial charge in [-0.1, -0.05) is 0 Å². The molecule has 0 radical (unpaired) electrons. The normalized spacial score (nSPS) is 24.6. The molecule has 0 spiro atoms. The first-order valence-corrected chi connectivity index (χ1v) is 4.47. The van der Waals surface area contributed by atoms with Gasteiger partial charge in [-0.25, -0.2) is 0 Å². The number of rotatable bonds is 2. The van der Waals surface area contributed by atoms with E-state index >= 15 is 0 Å². The minimum absolute atomic E-state index is 0.189. The van der Waals surface area contributed by atoms with Crippen molar-refractivity contribution in [3.05, 3.63) is 0 Å². The Labute approximate surface area is 67.4 Å². The maximum Gasteiger partial charge on any atom is 0.0657 e. The Bertz CT molecular complexity index is 93.6.